The summed E-state index contributed by atoms with van der Waals surface area (Å²) in [5.41, 5.74) is 2.65. The smallest absolute Gasteiger partial charge is 0.266 e. The van der Waals surface area contributed by atoms with Gasteiger partial charge >= 0.3 is 0 Å². The number of nitrogens with zero attached hydrogens (tertiary/aromatic N) is 2. The van der Waals surface area contributed by atoms with Crippen LogP contribution >= 0.6 is 27.7 Å². The van der Waals surface area contributed by atoms with Crippen LogP contribution in [-0.2, 0) is 11.4 Å². The van der Waals surface area contributed by atoms with Crippen LogP contribution in [0.25, 0.3) is 16.8 Å². The summed E-state index contributed by atoms with van der Waals surface area (Å²) in [5.74, 6) is 1.91. The average molecular weight is 618 g/mol. The Morgan fingerprint density at radius 3 is 2.45 bits per heavy atom. The van der Waals surface area contributed by atoms with Crippen molar-refractivity contribution >= 4 is 61.3 Å². The molecular weight excluding hydrogens is 588 g/mol. The number of ether oxygens (including phenoxy) is 3. The molecule has 0 N–H and O–H groups in total. The summed E-state index contributed by atoms with van der Waals surface area (Å²) in [6.45, 7) is 5.28. The number of fused-ring (bicyclic) bond motifs is 1. The number of methoxy groups -OCH3 is 1. The Bertz CT molecular complexity index is 1600. The van der Waals surface area contributed by atoms with E-state index >= 15 is 0 Å². The molecule has 0 unspecified atom stereocenters. The minimum Gasteiger partial charge on any atom is -0.497 e. The van der Waals surface area contributed by atoms with E-state index in [1.807, 2.05) is 68.5 Å². The standard InChI is InChI=1S/C32H29BrN2O4S/c1-4-35-31(36)29(40-32(35)34-25-12-14-26(37-3)15-13-25)19-22-17-27(33)30(28(18-22)38-5-2)39-20-21-10-11-23-8-6-7-9-24(23)16-21/h6-19H,4-5,20H2,1-3H3/b29-19+,34-32?. The fourth-order valence-corrected chi connectivity index (χ4v) is 5.98. The molecule has 5 rings (SSSR count). The molecule has 8 heteroatoms. The Morgan fingerprint density at radius 1 is 0.950 bits per heavy atom. The predicted octanol–water partition coefficient (Wildman–Crippen LogP) is 8.21. The molecule has 4 aromatic carbocycles. The van der Waals surface area contributed by atoms with Crippen LogP contribution in [0.5, 0.6) is 17.2 Å². The Morgan fingerprint density at radius 2 is 1.73 bits per heavy atom. The molecule has 204 valence electrons. The molecule has 0 aromatic heterocycles. The summed E-state index contributed by atoms with van der Waals surface area (Å²) < 4.78 is 18.2. The lowest BCUT2D eigenvalue weighted by molar-refractivity contribution is -0.122. The van der Waals surface area contributed by atoms with E-state index in [1.54, 1.807) is 12.0 Å². The van der Waals surface area contributed by atoms with Crippen LogP contribution in [0.1, 0.15) is 25.0 Å². The van der Waals surface area contributed by atoms with Gasteiger partial charge in [-0.25, -0.2) is 4.99 Å². The summed E-state index contributed by atoms with van der Waals surface area (Å²) >= 11 is 5.03. The zero-order valence-electron chi connectivity index (χ0n) is 22.5. The van der Waals surface area contributed by atoms with Gasteiger partial charge in [-0.15, -0.1) is 0 Å². The average Bonchev–Trinajstić information content (AvgIpc) is 3.26. The third kappa shape index (κ3) is 6.18. The van der Waals surface area contributed by atoms with Gasteiger partial charge in [0.05, 0.1) is 28.8 Å². The summed E-state index contributed by atoms with van der Waals surface area (Å²) in [6, 6.07) is 25.8. The first-order valence-corrected chi connectivity index (χ1v) is 14.6. The van der Waals surface area contributed by atoms with Gasteiger partial charge in [-0.05, 0) is 112 Å². The van der Waals surface area contributed by atoms with Gasteiger partial charge < -0.3 is 14.2 Å². The quantitative estimate of drug-likeness (QED) is 0.177. The molecule has 1 aliphatic heterocycles. The second-order valence-corrected chi connectivity index (χ2v) is 10.8. The normalized spacial score (nSPS) is 15.3. The van der Waals surface area contributed by atoms with Gasteiger partial charge in [0.2, 0.25) is 0 Å². The maximum atomic E-state index is 13.2. The summed E-state index contributed by atoms with van der Waals surface area (Å²) in [4.78, 5) is 20.2. The number of thioether (sulfide) groups is 1. The zero-order chi connectivity index (χ0) is 28.1. The monoisotopic (exact) mass is 616 g/mol. The van der Waals surface area contributed by atoms with Gasteiger partial charge in [0.1, 0.15) is 12.4 Å². The molecule has 40 heavy (non-hydrogen) atoms. The molecule has 1 amide bonds. The summed E-state index contributed by atoms with van der Waals surface area (Å²) in [5, 5.41) is 3.01. The van der Waals surface area contributed by atoms with Crippen LogP contribution in [0.2, 0.25) is 0 Å². The third-order valence-corrected chi connectivity index (χ3v) is 7.92. The van der Waals surface area contributed by atoms with Crippen molar-refractivity contribution in [3.05, 3.63) is 99.4 Å². The number of hydrogen-bond donors (Lipinski definition) is 0. The maximum absolute atomic E-state index is 13.2. The molecule has 0 radical (unpaired) electrons. The van der Waals surface area contributed by atoms with Gasteiger partial charge in [-0.1, -0.05) is 36.4 Å². The van der Waals surface area contributed by atoms with Crippen molar-refractivity contribution < 1.29 is 19.0 Å². The molecule has 1 heterocycles. The number of amidine groups is 1. The molecule has 0 spiro atoms. The molecule has 1 aliphatic rings. The largest absolute Gasteiger partial charge is 0.497 e. The third-order valence-electron chi connectivity index (χ3n) is 6.33. The number of hydrogen-bond acceptors (Lipinski definition) is 6. The van der Waals surface area contributed by atoms with Gasteiger partial charge in [-0.3, -0.25) is 9.69 Å². The lowest BCUT2D eigenvalue weighted by Gasteiger charge is -2.15. The lowest BCUT2D eigenvalue weighted by atomic mass is 10.1. The first kappa shape index (κ1) is 27.8. The first-order valence-electron chi connectivity index (χ1n) is 13.0. The van der Waals surface area contributed by atoms with Gasteiger partial charge in [0, 0.05) is 6.54 Å². The maximum Gasteiger partial charge on any atom is 0.266 e. The molecular formula is C32H29BrN2O4S. The van der Waals surface area contributed by atoms with Crippen molar-refractivity contribution in [3.8, 4) is 17.2 Å². The highest BCUT2D eigenvalue weighted by atomic mass is 79.9. The van der Waals surface area contributed by atoms with Crippen LogP contribution in [-0.4, -0.2) is 36.2 Å². The number of carbonyl (C=O) groups excluding carboxylic acids is 1. The molecule has 1 fully saturated rings. The molecule has 0 saturated carbocycles. The van der Waals surface area contributed by atoms with Crippen molar-refractivity contribution in [1.29, 1.82) is 0 Å². The van der Waals surface area contributed by atoms with E-state index in [9.17, 15) is 4.79 Å². The molecule has 6 nitrogen and oxygen atoms in total. The number of aliphatic imine (C=N–C) groups is 1. The minimum atomic E-state index is -0.0783. The highest BCUT2D eigenvalue weighted by Gasteiger charge is 2.32. The van der Waals surface area contributed by atoms with E-state index in [-0.39, 0.29) is 5.91 Å². The minimum absolute atomic E-state index is 0.0783. The molecule has 0 aliphatic carbocycles. The van der Waals surface area contributed by atoms with Crippen LogP contribution < -0.4 is 14.2 Å². The Labute approximate surface area is 246 Å². The fourth-order valence-electron chi connectivity index (χ4n) is 4.35. The second-order valence-electron chi connectivity index (χ2n) is 8.99. The Balaban J connectivity index is 1.39. The van der Waals surface area contributed by atoms with Gasteiger partial charge in [-0.2, -0.15) is 0 Å². The van der Waals surface area contributed by atoms with Crippen molar-refractivity contribution in [2.75, 3.05) is 20.3 Å². The van der Waals surface area contributed by atoms with Crippen LogP contribution in [0.4, 0.5) is 5.69 Å². The van der Waals surface area contributed by atoms with E-state index in [0.29, 0.717) is 41.3 Å². The number of amides is 1. The van der Waals surface area contributed by atoms with E-state index in [1.165, 1.54) is 22.5 Å². The highest BCUT2D eigenvalue weighted by Crippen LogP contribution is 2.40. The number of carbonyl (C=O) groups is 1. The lowest BCUT2D eigenvalue weighted by Crippen LogP contribution is -2.28. The van der Waals surface area contributed by atoms with Crippen molar-refractivity contribution in [2.45, 2.75) is 20.5 Å². The van der Waals surface area contributed by atoms with Gasteiger partial charge in [0.25, 0.3) is 5.91 Å². The topological polar surface area (TPSA) is 60.4 Å². The van der Waals surface area contributed by atoms with Gasteiger partial charge in [0.15, 0.2) is 16.7 Å². The zero-order valence-corrected chi connectivity index (χ0v) is 24.9. The number of rotatable bonds is 9. The Hall–Kier alpha value is -3.75. The first-order chi connectivity index (χ1) is 19.5. The van der Waals surface area contributed by atoms with E-state index in [4.69, 9.17) is 19.2 Å². The van der Waals surface area contributed by atoms with Crippen LogP contribution in [0, 0.1) is 0 Å². The molecule has 4 aromatic rings. The fraction of sp³-hybridized carbons (Fsp3) is 0.188. The number of likely N-dealkylation sites (N-methyl/N-ethyl adjacent to an activating group) is 1. The van der Waals surface area contributed by atoms with Crippen molar-refractivity contribution in [3.63, 3.8) is 0 Å². The van der Waals surface area contributed by atoms with E-state index < -0.39 is 0 Å². The summed E-state index contributed by atoms with van der Waals surface area (Å²) in [6.07, 6.45) is 1.87. The van der Waals surface area contributed by atoms with E-state index in [2.05, 4.69) is 46.3 Å². The molecule has 1 saturated heterocycles. The second kappa shape index (κ2) is 12.6. The van der Waals surface area contributed by atoms with Crippen LogP contribution in [0.15, 0.2) is 93.2 Å². The predicted molar refractivity (Wildman–Crippen MR) is 167 cm³/mol. The van der Waals surface area contributed by atoms with Crippen molar-refractivity contribution in [1.82, 2.24) is 4.90 Å². The SMILES string of the molecule is CCOc1cc(/C=C2/SC(=Nc3ccc(OC)cc3)N(CC)C2=O)cc(Br)c1OCc1ccc2ccccc2c1. The van der Waals surface area contributed by atoms with E-state index in [0.717, 1.165) is 27.0 Å². The molecule has 0 atom stereocenters. The number of halogens is 1. The summed E-state index contributed by atoms with van der Waals surface area (Å²) in [7, 11) is 1.63. The highest BCUT2D eigenvalue weighted by molar-refractivity contribution is 9.10. The van der Waals surface area contributed by atoms with Crippen LogP contribution in [0.3, 0.4) is 0 Å². The molecule has 0 bridgehead atoms. The number of benzene rings is 4. The Kier molecular flexibility index (Phi) is 8.77. The van der Waals surface area contributed by atoms with Crippen molar-refractivity contribution in [2.24, 2.45) is 4.99 Å².